The van der Waals surface area contributed by atoms with Gasteiger partial charge >= 0.3 is 0 Å². The number of fused-ring (bicyclic) bond motifs is 10. The van der Waals surface area contributed by atoms with Gasteiger partial charge in [-0.2, -0.15) is 0 Å². The Morgan fingerprint density at radius 1 is 0.451 bits per heavy atom. The van der Waals surface area contributed by atoms with Gasteiger partial charge in [0.15, 0.2) is 5.82 Å². The SMILES string of the molecule is c1ccc(-c2cc(-n3c4ccccc4c4ccc5c(c6ccccc6n5-c5ccccc5)c43)nc(-c3cccc4c3oc3ccccc34)n2)cc1. The summed E-state index contributed by atoms with van der Waals surface area (Å²) in [5, 5.41) is 6.85. The first-order valence-electron chi connectivity index (χ1n) is 17.2. The molecule has 238 valence electrons. The van der Waals surface area contributed by atoms with Crippen molar-refractivity contribution in [1.29, 1.82) is 0 Å². The molecule has 0 N–H and O–H groups in total. The first-order chi connectivity index (χ1) is 25.3. The molecule has 4 heterocycles. The molecule has 0 aliphatic rings. The Hall–Kier alpha value is -6.98. The number of benzene rings is 7. The fraction of sp³-hybridized carbons (Fsp3) is 0. The van der Waals surface area contributed by atoms with E-state index in [1.165, 1.54) is 21.5 Å². The molecule has 0 atom stereocenters. The molecule has 4 aromatic heterocycles. The summed E-state index contributed by atoms with van der Waals surface area (Å²) < 4.78 is 11.2. The number of hydrogen-bond donors (Lipinski definition) is 0. The quantitative estimate of drug-likeness (QED) is 0.190. The van der Waals surface area contributed by atoms with E-state index in [2.05, 4.69) is 155 Å². The van der Waals surface area contributed by atoms with E-state index in [1.54, 1.807) is 0 Å². The lowest BCUT2D eigenvalue weighted by molar-refractivity contribution is 0.669. The molecule has 0 aliphatic carbocycles. The summed E-state index contributed by atoms with van der Waals surface area (Å²) in [5.74, 6) is 1.41. The largest absolute Gasteiger partial charge is 0.455 e. The van der Waals surface area contributed by atoms with Crippen molar-refractivity contribution in [2.45, 2.75) is 0 Å². The van der Waals surface area contributed by atoms with E-state index in [0.29, 0.717) is 5.82 Å². The first kappa shape index (κ1) is 27.9. The van der Waals surface area contributed by atoms with Crippen molar-refractivity contribution >= 4 is 65.6 Å². The van der Waals surface area contributed by atoms with Gasteiger partial charge in [-0.25, -0.2) is 9.97 Å². The number of nitrogens with zero attached hydrogens (tertiary/aromatic N) is 4. The average Bonchev–Trinajstić information content (AvgIpc) is 3.86. The number of para-hydroxylation sites is 5. The molecule has 0 bridgehead atoms. The van der Waals surface area contributed by atoms with Crippen LogP contribution in [0.25, 0.3) is 99.7 Å². The van der Waals surface area contributed by atoms with Crippen LogP contribution in [0.2, 0.25) is 0 Å². The zero-order valence-electron chi connectivity index (χ0n) is 27.4. The Morgan fingerprint density at radius 2 is 1.12 bits per heavy atom. The average molecular weight is 653 g/mol. The van der Waals surface area contributed by atoms with E-state index >= 15 is 0 Å². The van der Waals surface area contributed by atoms with Crippen LogP contribution in [0.1, 0.15) is 0 Å². The highest BCUT2D eigenvalue weighted by atomic mass is 16.3. The normalized spacial score (nSPS) is 11.9. The predicted octanol–water partition coefficient (Wildman–Crippen LogP) is 11.9. The molecule has 0 fully saturated rings. The first-order valence-corrected chi connectivity index (χ1v) is 17.2. The molecule has 0 aliphatic heterocycles. The Kier molecular flexibility index (Phi) is 5.89. The lowest BCUT2D eigenvalue weighted by Gasteiger charge is -2.13. The molecule has 0 saturated heterocycles. The van der Waals surface area contributed by atoms with E-state index in [1.807, 2.05) is 24.3 Å². The Morgan fingerprint density at radius 3 is 1.94 bits per heavy atom. The highest BCUT2D eigenvalue weighted by molar-refractivity contribution is 6.26. The molecule has 51 heavy (non-hydrogen) atoms. The monoisotopic (exact) mass is 652 g/mol. The zero-order valence-corrected chi connectivity index (χ0v) is 27.4. The van der Waals surface area contributed by atoms with E-state index < -0.39 is 0 Å². The molecule has 11 aromatic rings. The minimum Gasteiger partial charge on any atom is -0.455 e. The Labute approximate surface area is 292 Å². The summed E-state index contributed by atoms with van der Waals surface area (Å²) in [6, 6.07) is 59.4. The van der Waals surface area contributed by atoms with Crippen molar-refractivity contribution in [2.75, 3.05) is 0 Å². The van der Waals surface area contributed by atoms with Gasteiger partial charge in [0.25, 0.3) is 0 Å². The molecular formula is C46H28N4O. The van der Waals surface area contributed by atoms with Crippen LogP contribution < -0.4 is 0 Å². The minimum absolute atomic E-state index is 0.612. The van der Waals surface area contributed by atoms with Gasteiger partial charge in [0.1, 0.15) is 17.0 Å². The maximum absolute atomic E-state index is 6.52. The van der Waals surface area contributed by atoms with Crippen molar-refractivity contribution in [3.63, 3.8) is 0 Å². The second kappa shape index (κ2) is 10.8. The van der Waals surface area contributed by atoms with E-state index in [-0.39, 0.29) is 0 Å². The van der Waals surface area contributed by atoms with E-state index in [4.69, 9.17) is 14.4 Å². The van der Waals surface area contributed by atoms with Gasteiger partial charge in [-0.1, -0.05) is 121 Å². The highest BCUT2D eigenvalue weighted by Crippen LogP contribution is 2.43. The Balaban J connectivity index is 1.29. The van der Waals surface area contributed by atoms with Gasteiger partial charge < -0.3 is 8.98 Å². The second-order valence-corrected chi connectivity index (χ2v) is 13.0. The number of hydrogen-bond acceptors (Lipinski definition) is 3. The van der Waals surface area contributed by atoms with Crippen molar-refractivity contribution in [3.8, 4) is 34.2 Å². The van der Waals surface area contributed by atoms with Crippen molar-refractivity contribution in [1.82, 2.24) is 19.1 Å². The molecule has 0 unspecified atom stereocenters. The molecule has 7 aromatic carbocycles. The summed E-state index contributed by atoms with van der Waals surface area (Å²) in [6.07, 6.45) is 0. The highest BCUT2D eigenvalue weighted by Gasteiger charge is 2.23. The van der Waals surface area contributed by atoms with Crippen LogP contribution in [0.4, 0.5) is 0 Å². The summed E-state index contributed by atoms with van der Waals surface area (Å²) in [6.45, 7) is 0. The van der Waals surface area contributed by atoms with Crippen molar-refractivity contribution in [3.05, 3.63) is 170 Å². The van der Waals surface area contributed by atoms with Gasteiger partial charge in [0, 0.05) is 49.6 Å². The van der Waals surface area contributed by atoms with Gasteiger partial charge in [-0.15, -0.1) is 0 Å². The van der Waals surface area contributed by atoms with Crippen LogP contribution in [-0.2, 0) is 0 Å². The van der Waals surface area contributed by atoms with E-state index in [0.717, 1.165) is 72.3 Å². The predicted molar refractivity (Wildman–Crippen MR) is 209 cm³/mol. The van der Waals surface area contributed by atoms with Gasteiger partial charge in [-0.05, 0) is 42.5 Å². The number of aromatic nitrogens is 4. The summed E-state index contributed by atoms with van der Waals surface area (Å²) in [4.78, 5) is 10.7. The van der Waals surface area contributed by atoms with Crippen LogP contribution in [0.15, 0.2) is 174 Å². The van der Waals surface area contributed by atoms with Crippen LogP contribution in [0, 0.1) is 0 Å². The van der Waals surface area contributed by atoms with Crippen LogP contribution in [0.5, 0.6) is 0 Å². The Bertz CT molecular complexity index is 3130. The molecule has 5 nitrogen and oxygen atoms in total. The van der Waals surface area contributed by atoms with Gasteiger partial charge in [-0.3, -0.25) is 4.57 Å². The lowest BCUT2D eigenvalue weighted by Crippen LogP contribution is -2.03. The maximum atomic E-state index is 6.52. The van der Waals surface area contributed by atoms with Gasteiger partial charge in [0.05, 0.1) is 33.3 Å². The smallest absolute Gasteiger partial charge is 0.165 e. The molecule has 11 rings (SSSR count). The fourth-order valence-corrected chi connectivity index (χ4v) is 7.95. The molecule has 0 radical (unpaired) electrons. The zero-order chi connectivity index (χ0) is 33.5. The molecule has 0 amide bonds. The van der Waals surface area contributed by atoms with Crippen LogP contribution in [0.3, 0.4) is 0 Å². The molecule has 0 saturated carbocycles. The van der Waals surface area contributed by atoms with Crippen molar-refractivity contribution in [2.24, 2.45) is 0 Å². The summed E-state index contributed by atoms with van der Waals surface area (Å²) in [7, 11) is 0. The third kappa shape index (κ3) is 4.09. The number of furan rings is 1. The minimum atomic E-state index is 0.612. The third-order valence-electron chi connectivity index (χ3n) is 10.1. The standard InChI is InChI=1S/C46H28N4O/c1-3-14-29(15-4-1)37-28-42(48-46(47-37)36-22-13-21-34-32-19-9-12-25-41(32)51-45(34)36)50-38-23-10-7-18-31(38)33-26-27-40-43(44(33)50)35-20-8-11-24-39(35)49(40)30-16-5-2-6-17-30/h1-28H. The van der Waals surface area contributed by atoms with Gasteiger partial charge in [0.2, 0.25) is 0 Å². The molecule has 0 spiro atoms. The summed E-state index contributed by atoms with van der Waals surface area (Å²) >= 11 is 0. The topological polar surface area (TPSA) is 48.8 Å². The fourth-order valence-electron chi connectivity index (χ4n) is 7.95. The second-order valence-electron chi connectivity index (χ2n) is 13.0. The van der Waals surface area contributed by atoms with Crippen molar-refractivity contribution < 1.29 is 4.42 Å². The third-order valence-corrected chi connectivity index (χ3v) is 10.1. The van der Waals surface area contributed by atoms with Crippen LogP contribution in [-0.4, -0.2) is 19.1 Å². The number of rotatable bonds is 4. The molecule has 5 heteroatoms. The lowest BCUT2D eigenvalue weighted by atomic mass is 10.1. The van der Waals surface area contributed by atoms with E-state index in [9.17, 15) is 0 Å². The van der Waals surface area contributed by atoms with Crippen LogP contribution >= 0.6 is 0 Å². The maximum Gasteiger partial charge on any atom is 0.165 e. The summed E-state index contributed by atoms with van der Waals surface area (Å²) in [5.41, 5.74) is 9.97. The molecular weight excluding hydrogens is 625 g/mol.